The van der Waals surface area contributed by atoms with E-state index < -0.39 is 0 Å². The summed E-state index contributed by atoms with van der Waals surface area (Å²) in [6.45, 7) is 3.11. The van der Waals surface area contributed by atoms with Crippen molar-refractivity contribution >= 4 is 11.0 Å². The molecule has 4 heteroatoms. The molecule has 0 aliphatic rings. The molecule has 0 saturated carbocycles. The van der Waals surface area contributed by atoms with E-state index in [1.807, 2.05) is 17.1 Å². The molecule has 0 unspecified atom stereocenters. The van der Waals surface area contributed by atoms with Gasteiger partial charge in [-0.1, -0.05) is 43.7 Å². The molecule has 0 fully saturated rings. The summed E-state index contributed by atoms with van der Waals surface area (Å²) < 4.78 is 2.03. The molecule has 1 aromatic carbocycles. The van der Waals surface area contributed by atoms with Crippen molar-refractivity contribution < 1.29 is 0 Å². The van der Waals surface area contributed by atoms with Crippen LogP contribution in [0.2, 0.25) is 0 Å². The summed E-state index contributed by atoms with van der Waals surface area (Å²) in [5.74, 6) is 0.936. The molecule has 0 bridgehead atoms. The van der Waals surface area contributed by atoms with Crippen LogP contribution in [-0.4, -0.2) is 19.7 Å². The molecular weight excluding hydrogens is 284 g/mol. The van der Waals surface area contributed by atoms with Gasteiger partial charge in [0.25, 0.3) is 0 Å². The SMILES string of the molecule is CCCCc1ncc2cnn(CCCCc3ccccc3)c2n1. The number of nitrogens with zero attached hydrogens (tertiary/aromatic N) is 4. The molecule has 4 nitrogen and oxygen atoms in total. The van der Waals surface area contributed by atoms with E-state index in [0.29, 0.717) is 0 Å². The Kier molecular flexibility index (Phi) is 5.35. The molecule has 0 N–H and O–H groups in total. The Bertz CT molecular complexity index is 733. The van der Waals surface area contributed by atoms with Gasteiger partial charge in [0.05, 0.1) is 11.6 Å². The Balaban J connectivity index is 1.59. The summed E-state index contributed by atoms with van der Waals surface area (Å²) in [4.78, 5) is 9.13. The van der Waals surface area contributed by atoms with Crippen LogP contribution in [0.15, 0.2) is 42.7 Å². The van der Waals surface area contributed by atoms with Gasteiger partial charge in [-0.15, -0.1) is 0 Å². The molecule has 0 aliphatic carbocycles. The van der Waals surface area contributed by atoms with Gasteiger partial charge < -0.3 is 0 Å². The monoisotopic (exact) mass is 308 g/mol. The van der Waals surface area contributed by atoms with E-state index >= 15 is 0 Å². The maximum atomic E-state index is 4.70. The van der Waals surface area contributed by atoms with Gasteiger partial charge in [-0.2, -0.15) is 5.10 Å². The van der Waals surface area contributed by atoms with Gasteiger partial charge in [-0.25, -0.2) is 14.6 Å². The highest BCUT2D eigenvalue weighted by molar-refractivity contribution is 5.73. The maximum absolute atomic E-state index is 4.70. The van der Waals surface area contributed by atoms with Crippen molar-refractivity contribution in [3.8, 4) is 0 Å². The van der Waals surface area contributed by atoms with E-state index in [2.05, 4.69) is 47.3 Å². The van der Waals surface area contributed by atoms with Crippen molar-refractivity contribution in [2.45, 2.75) is 52.0 Å². The third-order valence-electron chi connectivity index (χ3n) is 4.11. The molecule has 0 amide bonds. The molecule has 120 valence electrons. The third-order valence-corrected chi connectivity index (χ3v) is 4.11. The normalized spacial score (nSPS) is 11.2. The Morgan fingerprint density at radius 1 is 0.957 bits per heavy atom. The minimum Gasteiger partial charge on any atom is -0.247 e. The van der Waals surface area contributed by atoms with Gasteiger partial charge in [-0.3, -0.25) is 0 Å². The molecule has 2 heterocycles. The summed E-state index contributed by atoms with van der Waals surface area (Å²) in [5.41, 5.74) is 2.38. The van der Waals surface area contributed by atoms with Crippen molar-refractivity contribution in [3.63, 3.8) is 0 Å². The van der Waals surface area contributed by atoms with Crippen LogP contribution in [0.5, 0.6) is 0 Å². The second-order valence-corrected chi connectivity index (χ2v) is 5.98. The Labute approximate surface area is 137 Å². The Morgan fingerprint density at radius 3 is 2.65 bits per heavy atom. The summed E-state index contributed by atoms with van der Waals surface area (Å²) in [6.07, 6.45) is 10.4. The Morgan fingerprint density at radius 2 is 1.83 bits per heavy atom. The summed E-state index contributed by atoms with van der Waals surface area (Å²) in [6, 6.07) is 10.7. The zero-order chi connectivity index (χ0) is 15.9. The topological polar surface area (TPSA) is 43.6 Å². The van der Waals surface area contributed by atoms with Crippen LogP contribution < -0.4 is 0 Å². The predicted molar refractivity (Wildman–Crippen MR) is 93.3 cm³/mol. The van der Waals surface area contributed by atoms with Gasteiger partial charge in [0, 0.05) is 19.2 Å². The van der Waals surface area contributed by atoms with Crippen molar-refractivity contribution in [1.29, 1.82) is 0 Å². The first-order valence-electron chi connectivity index (χ1n) is 8.58. The van der Waals surface area contributed by atoms with Crippen LogP contribution in [0.4, 0.5) is 0 Å². The smallest absolute Gasteiger partial charge is 0.161 e. The molecule has 0 radical (unpaired) electrons. The predicted octanol–water partition coefficient (Wildman–Crippen LogP) is 4.19. The lowest BCUT2D eigenvalue weighted by molar-refractivity contribution is 0.567. The minimum atomic E-state index is 0.917. The minimum absolute atomic E-state index is 0.917. The third kappa shape index (κ3) is 4.15. The van der Waals surface area contributed by atoms with Crippen molar-refractivity contribution in [2.75, 3.05) is 0 Å². The second-order valence-electron chi connectivity index (χ2n) is 5.98. The van der Waals surface area contributed by atoms with Crippen LogP contribution in [0, 0.1) is 0 Å². The van der Waals surface area contributed by atoms with Crippen LogP contribution in [-0.2, 0) is 19.4 Å². The molecule has 0 atom stereocenters. The summed E-state index contributed by atoms with van der Waals surface area (Å²) >= 11 is 0. The number of rotatable bonds is 8. The molecule has 2 aromatic heterocycles. The first-order chi connectivity index (χ1) is 11.4. The van der Waals surface area contributed by atoms with E-state index in [1.165, 1.54) is 18.4 Å². The molecule has 3 rings (SSSR count). The summed E-state index contributed by atoms with van der Waals surface area (Å²) in [7, 11) is 0. The number of hydrogen-bond donors (Lipinski definition) is 0. The first kappa shape index (κ1) is 15.7. The average Bonchev–Trinajstić information content (AvgIpc) is 3.00. The first-order valence-corrected chi connectivity index (χ1v) is 8.58. The van der Waals surface area contributed by atoms with Crippen LogP contribution >= 0.6 is 0 Å². The largest absolute Gasteiger partial charge is 0.247 e. The zero-order valence-corrected chi connectivity index (χ0v) is 13.8. The lowest BCUT2D eigenvalue weighted by Crippen LogP contribution is -2.04. The Hall–Kier alpha value is -2.23. The van der Waals surface area contributed by atoms with Gasteiger partial charge >= 0.3 is 0 Å². The second kappa shape index (κ2) is 7.86. The van der Waals surface area contributed by atoms with Crippen LogP contribution in [0.3, 0.4) is 0 Å². The molecule has 0 saturated heterocycles. The number of benzene rings is 1. The number of unbranched alkanes of at least 4 members (excludes halogenated alkanes) is 2. The van der Waals surface area contributed by atoms with Crippen LogP contribution in [0.25, 0.3) is 11.0 Å². The number of aromatic nitrogens is 4. The number of aryl methyl sites for hydroxylation is 3. The zero-order valence-electron chi connectivity index (χ0n) is 13.8. The summed E-state index contributed by atoms with van der Waals surface area (Å²) in [5, 5.41) is 5.51. The molecule has 0 aliphatic heterocycles. The van der Waals surface area contributed by atoms with Crippen molar-refractivity contribution in [2.24, 2.45) is 0 Å². The molecule has 0 spiro atoms. The van der Waals surface area contributed by atoms with Crippen molar-refractivity contribution in [1.82, 2.24) is 19.7 Å². The van der Waals surface area contributed by atoms with E-state index in [-0.39, 0.29) is 0 Å². The molecule has 3 aromatic rings. The molecule has 23 heavy (non-hydrogen) atoms. The van der Waals surface area contributed by atoms with E-state index in [9.17, 15) is 0 Å². The van der Waals surface area contributed by atoms with Gasteiger partial charge in [0.15, 0.2) is 5.65 Å². The van der Waals surface area contributed by atoms with Crippen LogP contribution in [0.1, 0.15) is 44.0 Å². The van der Waals surface area contributed by atoms with Gasteiger partial charge in [0.2, 0.25) is 0 Å². The standard InChI is InChI=1S/C19H24N4/c1-2-3-12-18-20-14-17-15-21-23(19(17)22-18)13-8-7-11-16-9-5-4-6-10-16/h4-6,9-10,14-15H,2-3,7-8,11-13H2,1H3. The van der Waals surface area contributed by atoms with Gasteiger partial charge in [0.1, 0.15) is 5.82 Å². The lowest BCUT2D eigenvalue weighted by atomic mass is 10.1. The fourth-order valence-corrected chi connectivity index (χ4v) is 2.76. The van der Waals surface area contributed by atoms with E-state index in [4.69, 9.17) is 4.98 Å². The maximum Gasteiger partial charge on any atom is 0.161 e. The highest BCUT2D eigenvalue weighted by Gasteiger charge is 2.06. The van der Waals surface area contributed by atoms with E-state index in [1.54, 1.807) is 0 Å². The molecular formula is C19H24N4. The fourth-order valence-electron chi connectivity index (χ4n) is 2.76. The van der Waals surface area contributed by atoms with Crippen molar-refractivity contribution in [3.05, 3.63) is 54.1 Å². The van der Waals surface area contributed by atoms with Gasteiger partial charge in [-0.05, 0) is 31.2 Å². The number of hydrogen-bond acceptors (Lipinski definition) is 3. The fraction of sp³-hybridized carbons (Fsp3) is 0.421. The quantitative estimate of drug-likeness (QED) is 0.586. The highest BCUT2D eigenvalue weighted by atomic mass is 15.3. The van der Waals surface area contributed by atoms with E-state index in [0.717, 1.165) is 49.1 Å². The lowest BCUT2D eigenvalue weighted by Gasteiger charge is -2.05. The highest BCUT2D eigenvalue weighted by Crippen LogP contribution is 2.13. The average molecular weight is 308 g/mol. The number of fused-ring (bicyclic) bond motifs is 1.